The van der Waals surface area contributed by atoms with E-state index in [1.54, 1.807) is 24.3 Å². The van der Waals surface area contributed by atoms with Crippen LogP contribution in [0.15, 0.2) is 28.8 Å². The molecule has 0 saturated carbocycles. The molecular weight excluding hydrogens is 237 g/mol. The first kappa shape index (κ1) is 10.5. The molecule has 0 aliphatic heterocycles. The van der Waals surface area contributed by atoms with E-state index in [2.05, 4.69) is 5.16 Å². The SMILES string of the molecule is OCc1cc(-c2ccc(Cl)cc2Cl)no1. The fourth-order valence-electron chi connectivity index (χ4n) is 1.21. The minimum atomic E-state index is -0.182. The highest BCUT2D eigenvalue weighted by molar-refractivity contribution is 6.36. The van der Waals surface area contributed by atoms with Gasteiger partial charge < -0.3 is 9.63 Å². The average molecular weight is 244 g/mol. The molecule has 0 unspecified atom stereocenters. The van der Waals surface area contributed by atoms with Gasteiger partial charge in [-0.3, -0.25) is 0 Å². The van der Waals surface area contributed by atoms with Gasteiger partial charge in [-0.25, -0.2) is 0 Å². The molecule has 0 aliphatic rings. The highest BCUT2D eigenvalue weighted by Crippen LogP contribution is 2.29. The fourth-order valence-corrected chi connectivity index (χ4v) is 1.72. The summed E-state index contributed by atoms with van der Waals surface area (Å²) in [6.07, 6.45) is 0. The third kappa shape index (κ3) is 2.15. The number of hydrogen-bond acceptors (Lipinski definition) is 3. The smallest absolute Gasteiger partial charge is 0.162 e. The molecule has 0 atom stereocenters. The van der Waals surface area contributed by atoms with E-state index in [1.807, 2.05) is 0 Å². The number of hydrogen-bond donors (Lipinski definition) is 1. The Balaban J connectivity index is 2.44. The van der Waals surface area contributed by atoms with Crippen molar-refractivity contribution in [2.24, 2.45) is 0 Å². The van der Waals surface area contributed by atoms with Crippen LogP contribution in [0.4, 0.5) is 0 Å². The standard InChI is InChI=1S/C10H7Cl2NO2/c11-6-1-2-8(9(12)3-6)10-4-7(5-14)15-13-10/h1-4,14H,5H2. The van der Waals surface area contributed by atoms with Crippen LogP contribution in [-0.4, -0.2) is 10.3 Å². The Labute approximate surface area is 96.2 Å². The zero-order valence-corrected chi connectivity index (χ0v) is 9.09. The molecule has 5 heteroatoms. The second kappa shape index (κ2) is 4.23. The van der Waals surface area contributed by atoms with Crippen LogP contribution in [0.25, 0.3) is 11.3 Å². The molecule has 0 fully saturated rings. The minimum Gasteiger partial charge on any atom is -0.388 e. The van der Waals surface area contributed by atoms with E-state index in [1.165, 1.54) is 0 Å². The van der Waals surface area contributed by atoms with Crippen molar-refractivity contribution in [2.45, 2.75) is 6.61 Å². The molecule has 0 saturated heterocycles. The quantitative estimate of drug-likeness (QED) is 0.882. The Bertz CT molecular complexity index is 482. The molecule has 78 valence electrons. The normalized spacial score (nSPS) is 10.6. The lowest BCUT2D eigenvalue weighted by atomic mass is 10.1. The maximum atomic E-state index is 8.82. The molecule has 1 N–H and O–H groups in total. The van der Waals surface area contributed by atoms with Gasteiger partial charge in [-0.05, 0) is 18.2 Å². The van der Waals surface area contributed by atoms with Crippen LogP contribution in [0.1, 0.15) is 5.76 Å². The average Bonchev–Trinajstić information content (AvgIpc) is 2.66. The zero-order chi connectivity index (χ0) is 10.8. The number of benzene rings is 1. The highest BCUT2D eigenvalue weighted by atomic mass is 35.5. The summed E-state index contributed by atoms with van der Waals surface area (Å²) in [4.78, 5) is 0. The summed E-state index contributed by atoms with van der Waals surface area (Å²) in [6, 6.07) is 6.74. The zero-order valence-electron chi connectivity index (χ0n) is 7.58. The summed E-state index contributed by atoms with van der Waals surface area (Å²) in [5, 5.41) is 13.7. The summed E-state index contributed by atoms with van der Waals surface area (Å²) in [7, 11) is 0. The Morgan fingerprint density at radius 1 is 1.27 bits per heavy atom. The Hall–Kier alpha value is -1.03. The van der Waals surface area contributed by atoms with Crippen molar-refractivity contribution < 1.29 is 9.63 Å². The molecule has 15 heavy (non-hydrogen) atoms. The summed E-state index contributed by atoms with van der Waals surface area (Å²) in [5.41, 5.74) is 1.31. The lowest BCUT2D eigenvalue weighted by molar-refractivity contribution is 0.229. The molecule has 0 radical (unpaired) electrons. The molecule has 1 aromatic carbocycles. The van der Waals surface area contributed by atoms with Gasteiger partial charge in [-0.2, -0.15) is 0 Å². The highest BCUT2D eigenvalue weighted by Gasteiger charge is 2.09. The van der Waals surface area contributed by atoms with Crippen molar-refractivity contribution in [3.8, 4) is 11.3 Å². The largest absolute Gasteiger partial charge is 0.388 e. The first-order valence-corrected chi connectivity index (χ1v) is 4.98. The van der Waals surface area contributed by atoms with E-state index < -0.39 is 0 Å². The topological polar surface area (TPSA) is 46.3 Å². The monoisotopic (exact) mass is 243 g/mol. The Morgan fingerprint density at radius 2 is 2.07 bits per heavy atom. The molecule has 1 aromatic heterocycles. The van der Waals surface area contributed by atoms with Gasteiger partial charge in [0.2, 0.25) is 0 Å². The van der Waals surface area contributed by atoms with Crippen LogP contribution >= 0.6 is 23.2 Å². The van der Waals surface area contributed by atoms with Crippen LogP contribution in [0.2, 0.25) is 10.0 Å². The molecular formula is C10H7Cl2NO2. The van der Waals surface area contributed by atoms with Gasteiger partial charge >= 0.3 is 0 Å². The van der Waals surface area contributed by atoms with E-state index in [0.717, 1.165) is 5.56 Å². The predicted octanol–water partition coefficient (Wildman–Crippen LogP) is 3.14. The summed E-state index contributed by atoms with van der Waals surface area (Å²) >= 11 is 11.8. The van der Waals surface area contributed by atoms with Gasteiger partial charge in [0.15, 0.2) is 5.76 Å². The lowest BCUT2D eigenvalue weighted by Gasteiger charge is -1.99. The summed E-state index contributed by atoms with van der Waals surface area (Å²) in [5.74, 6) is 0.399. The second-order valence-electron chi connectivity index (χ2n) is 2.96. The van der Waals surface area contributed by atoms with Gasteiger partial charge in [-0.1, -0.05) is 28.4 Å². The van der Waals surface area contributed by atoms with Crippen LogP contribution < -0.4 is 0 Å². The van der Waals surface area contributed by atoms with E-state index >= 15 is 0 Å². The predicted molar refractivity (Wildman–Crippen MR) is 57.9 cm³/mol. The third-order valence-electron chi connectivity index (χ3n) is 1.92. The van der Waals surface area contributed by atoms with E-state index in [0.29, 0.717) is 21.5 Å². The molecule has 0 bridgehead atoms. The van der Waals surface area contributed by atoms with Crippen LogP contribution in [-0.2, 0) is 6.61 Å². The Morgan fingerprint density at radius 3 is 2.67 bits per heavy atom. The van der Waals surface area contributed by atoms with E-state index in [-0.39, 0.29) is 6.61 Å². The molecule has 0 aliphatic carbocycles. The molecule has 0 spiro atoms. The molecule has 3 nitrogen and oxygen atoms in total. The van der Waals surface area contributed by atoms with E-state index in [9.17, 15) is 0 Å². The van der Waals surface area contributed by atoms with Crippen LogP contribution in [0.5, 0.6) is 0 Å². The van der Waals surface area contributed by atoms with Crippen molar-refractivity contribution in [2.75, 3.05) is 0 Å². The number of halogens is 2. The van der Waals surface area contributed by atoms with Crippen LogP contribution in [0, 0.1) is 0 Å². The Kier molecular flexibility index (Phi) is 2.95. The first-order valence-electron chi connectivity index (χ1n) is 4.22. The lowest BCUT2D eigenvalue weighted by Crippen LogP contribution is -1.79. The number of aliphatic hydroxyl groups excluding tert-OH is 1. The first-order chi connectivity index (χ1) is 7.20. The van der Waals surface area contributed by atoms with Gasteiger partial charge in [0.1, 0.15) is 12.3 Å². The summed E-state index contributed by atoms with van der Waals surface area (Å²) in [6.45, 7) is -0.182. The van der Waals surface area contributed by atoms with Crippen molar-refractivity contribution in [1.29, 1.82) is 0 Å². The molecule has 1 heterocycles. The third-order valence-corrected chi connectivity index (χ3v) is 2.47. The molecule has 2 aromatic rings. The number of aliphatic hydroxyl groups is 1. The molecule has 2 rings (SSSR count). The van der Waals surface area contributed by atoms with Crippen molar-refractivity contribution in [3.05, 3.63) is 40.1 Å². The van der Waals surface area contributed by atoms with Gasteiger partial charge in [0.05, 0.1) is 5.02 Å². The minimum absolute atomic E-state index is 0.182. The maximum Gasteiger partial charge on any atom is 0.162 e. The van der Waals surface area contributed by atoms with Crippen molar-refractivity contribution >= 4 is 23.2 Å². The van der Waals surface area contributed by atoms with Gasteiger partial charge in [0, 0.05) is 16.7 Å². The van der Waals surface area contributed by atoms with Gasteiger partial charge in [-0.15, -0.1) is 0 Å². The number of nitrogens with zero attached hydrogens (tertiary/aromatic N) is 1. The van der Waals surface area contributed by atoms with Crippen molar-refractivity contribution in [3.63, 3.8) is 0 Å². The van der Waals surface area contributed by atoms with Crippen molar-refractivity contribution in [1.82, 2.24) is 5.16 Å². The maximum absolute atomic E-state index is 8.82. The number of aromatic nitrogens is 1. The van der Waals surface area contributed by atoms with Gasteiger partial charge in [0.25, 0.3) is 0 Å². The number of rotatable bonds is 2. The molecule has 0 amide bonds. The van der Waals surface area contributed by atoms with E-state index in [4.69, 9.17) is 32.8 Å². The fraction of sp³-hybridized carbons (Fsp3) is 0.100. The van der Waals surface area contributed by atoms with Crippen LogP contribution in [0.3, 0.4) is 0 Å². The second-order valence-corrected chi connectivity index (χ2v) is 3.80. The summed E-state index contributed by atoms with van der Waals surface area (Å²) < 4.78 is 4.86.